The Balaban J connectivity index is -0.0000000540. The smallest absolute Gasteiger partial charge is 0.0681 e. The minimum Gasteiger partial charge on any atom is -0.269 e. The van der Waals surface area contributed by atoms with Crippen molar-refractivity contribution in [2.24, 2.45) is 0 Å². The van der Waals surface area contributed by atoms with Gasteiger partial charge in [-0.05, 0) is 28.1 Å². The summed E-state index contributed by atoms with van der Waals surface area (Å²) < 4.78 is 0.886. The van der Waals surface area contributed by atoms with Crippen molar-refractivity contribution in [2.75, 3.05) is 0 Å². The Kier molecular flexibility index (Phi) is 27.9. The molecule has 1 aromatic rings. The van der Waals surface area contributed by atoms with Gasteiger partial charge in [-0.25, -0.2) is 0 Å². The van der Waals surface area contributed by atoms with E-state index < -0.39 is 0 Å². The van der Waals surface area contributed by atoms with E-state index in [1.165, 1.54) is 0 Å². The number of hydrogen-bond acceptors (Lipinski definition) is 1. The normalized spacial score (nSPS) is 6.21. The molecule has 0 saturated carbocycles. The van der Waals surface area contributed by atoms with Crippen molar-refractivity contribution >= 4 is 52.6 Å². The Bertz CT molecular complexity index is 219. The van der Waals surface area contributed by atoms with Gasteiger partial charge in [-0.2, -0.15) is 0 Å². The first kappa shape index (κ1) is 29.3. The molecule has 0 atom stereocenters. The van der Waals surface area contributed by atoms with Crippen LogP contribution in [-0.2, 0) is 0 Å². The lowest BCUT2D eigenvalue weighted by Crippen LogP contribution is -1.69. The van der Waals surface area contributed by atoms with Crippen LogP contribution in [0.1, 0.15) is 0 Å². The van der Waals surface area contributed by atoms with Gasteiger partial charge in [0.25, 0.3) is 0 Å². The summed E-state index contributed by atoms with van der Waals surface area (Å²) >= 11 is 13.1. The van der Waals surface area contributed by atoms with Gasteiger partial charge in [0.1, 0.15) is 0 Å². The van der Waals surface area contributed by atoms with Crippen molar-refractivity contribution in [1.82, 2.24) is 0 Å². The second-order valence-electron chi connectivity index (χ2n) is 1.57. The first-order valence-electron chi connectivity index (χ1n) is 2.35. The van der Waals surface area contributed by atoms with Crippen LogP contribution in [-0.4, -0.2) is 0 Å². The quantitative estimate of drug-likeness (QED) is 0.525. The zero-order valence-corrected chi connectivity index (χ0v) is 10.5. The summed E-state index contributed by atoms with van der Waals surface area (Å²) in [5, 5.41) is 0.667. The maximum atomic E-state index is 5.75. The van der Waals surface area contributed by atoms with Crippen LogP contribution in [0, 0.1) is 0 Å². The first-order chi connectivity index (χ1) is 4.22. The van der Waals surface area contributed by atoms with E-state index in [1.54, 1.807) is 0 Å². The molecule has 0 radical (unpaired) electrons. The highest BCUT2D eigenvalue weighted by Crippen LogP contribution is 2.27. The molecule has 0 spiro atoms. The van der Waals surface area contributed by atoms with E-state index in [-0.39, 0.29) is 31.2 Å². The SMILES string of the molecule is Cl.F.F.F.F.Sc1cccc(Br)c1Cl. The number of benzene rings is 1. The molecule has 0 heterocycles. The topological polar surface area (TPSA) is 0 Å². The van der Waals surface area contributed by atoms with Crippen molar-refractivity contribution in [1.29, 1.82) is 0 Å². The molecule has 0 aromatic heterocycles. The molecule has 0 N–H and O–H groups in total. The lowest BCUT2D eigenvalue weighted by molar-refractivity contribution is 1.11. The zero-order chi connectivity index (χ0) is 6.85. The lowest BCUT2D eigenvalue weighted by Gasteiger charge is -1.95. The third-order valence-corrected chi connectivity index (χ3v) is 2.73. The Labute approximate surface area is 104 Å². The van der Waals surface area contributed by atoms with Gasteiger partial charge in [0.05, 0.1) is 5.02 Å². The van der Waals surface area contributed by atoms with Crippen LogP contribution < -0.4 is 0 Å². The maximum absolute atomic E-state index is 5.75. The number of rotatable bonds is 0. The molecule has 8 heteroatoms. The summed E-state index contributed by atoms with van der Waals surface area (Å²) in [7, 11) is 0. The molecule has 14 heavy (non-hydrogen) atoms. The fourth-order valence-electron chi connectivity index (χ4n) is 0.492. The molecule has 0 aliphatic rings. The second-order valence-corrected chi connectivity index (χ2v) is 3.29. The fourth-order valence-corrected chi connectivity index (χ4v) is 1.34. The minimum atomic E-state index is 0. The van der Waals surface area contributed by atoms with E-state index in [9.17, 15) is 0 Å². The molecule has 0 aliphatic carbocycles. The monoisotopic (exact) mass is 338 g/mol. The van der Waals surface area contributed by atoms with Gasteiger partial charge in [-0.1, -0.05) is 17.7 Å². The predicted molar refractivity (Wildman–Crippen MR) is 63.7 cm³/mol. The molecule has 1 aromatic carbocycles. The van der Waals surface area contributed by atoms with E-state index in [2.05, 4.69) is 28.6 Å². The molecule has 0 nitrogen and oxygen atoms in total. The van der Waals surface area contributed by atoms with Gasteiger partial charge in [0.2, 0.25) is 0 Å². The second kappa shape index (κ2) is 13.4. The van der Waals surface area contributed by atoms with Crippen molar-refractivity contribution in [3.05, 3.63) is 27.7 Å². The van der Waals surface area contributed by atoms with Gasteiger partial charge in [-0.15, -0.1) is 25.0 Å². The van der Waals surface area contributed by atoms with Crippen molar-refractivity contribution < 1.29 is 18.8 Å². The van der Waals surface area contributed by atoms with Gasteiger partial charge in [-0.3, -0.25) is 18.8 Å². The fraction of sp³-hybridized carbons (Fsp3) is 0. The van der Waals surface area contributed by atoms with Crippen LogP contribution in [0.15, 0.2) is 27.6 Å². The average molecular weight is 340 g/mol. The van der Waals surface area contributed by atoms with Gasteiger partial charge < -0.3 is 0 Å². The highest BCUT2D eigenvalue weighted by Gasteiger charge is 1.97. The number of hydrogen-bond donors (Lipinski definition) is 1. The Morgan fingerprint density at radius 1 is 1.07 bits per heavy atom. The maximum Gasteiger partial charge on any atom is 0.0681 e. The van der Waals surface area contributed by atoms with Crippen LogP contribution in [0.4, 0.5) is 18.8 Å². The third-order valence-electron chi connectivity index (χ3n) is 0.931. The predicted octanol–water partition coefficient (Wildman–Crippen LogP) is 4.42. The van der Waals surface area contributed by atoms with E-state index in [0.717, 1.165) is 9.37 Å². The van der Waals surface area contributed by atoms with Crippen molar-refractivity contribution in [3.63, 3.8) is 0 Å². The van der Waals surface area contributed by atoms with Gasteiger partial charge in [0.15, 0.2) is 0 Å². The highest BCUT2D eigenvalue weighted by atomic mass is 79.9. The Morgan fingerprint density at radius 3 is 1.79 bits per heavy atom. The lowest BCUT2D eigenvalue weighted by atomic mass is 10.4. The summed E-state index contributed by atoms with van der Waals surface area (Å²) in [4.78, 5) is 0.797. The molecule has 0 fully saturated rings. The summed E-state index contributed by atoms with van der Waals surface area (Å²) in [5.74, 6) is 0. The molecule has 0 bridgehead atoms. The zero-order valence-electron chi connectivity index (χ0n) is 6.48. The largest absolute Gasteiger partial charge is 0.269 e. The van der Waals surface area contributed by atoms with Crippen LogP contribution in [0.3, 0.4) is 0 Å². The Hall–Kier alpha value is 0.350. The third kappa shape index (κ3) is 7.73. The average Bonchev–Trinajstić information content (AvgIpc) is 1.83. The molecular formula is C6H9BrCl2F4S. The van der Waals surface area contributed by atoms with E-state index in [4.69, 9.17) is 11.6 Å². The van der Waals surface area contributed by atoms with Crippen LogP contribution in [0.25, 0.3) is 0 Å². The minimum absolute atomic E-state index is 0. The van der Waals surface area contributed by atoms with Crippen LogP contribution in [0.5, 0.6) is 0 Å². The van der Waals surface area contributed by atoms with Crippen LogP contribution in [0.2, 0.25) is 5.02 Å². The summed E-state index contributed by atoms with van der Waals surface area (Å²) in [6.07, 6.45) is 0. The molecule has 0 saturated heterocycles. The Morgan fingerprint density at radius 2 is 1.50 bits per heavy atom. The van der Waals surface area contributed by atoms with Crippen molar-refractivity contribution in [3.8, 4) is 0 Å². The van der Waals surface area contributed by atoms with Gasteiger partial charge in [0, 0.05) is 9.37 Å². The summed E-state index contributed by atoms with van der Waals surface area (Å²) in [6, 6.07) is 5.61. The molecular weight excluding hydrogens is 331 g/mol. The number of halogens is 7. The standard InChI is InChI=1S/C6H4BrClS.ClH.4FH/c7-4-2-1-3-5(9)6(4)8;;;;;/h1-3,9H;5*1H. The van der Waals surface area contributed by atoms with E-state index >= 15 is 0 Å². The summed E-state index contributed by atoms with van der Waals surface area (Å²) in [5.41, 5.74) is 0. The van der Waals surface area contributed by atoms with Gasteiger partial charge >= 0.3 is 0 Å². The number of thiol groups is 1. The highest BCUT2D eigenvalue weighted by molar-refractivity contribution is 9.10. The van der Waals surface area contributed by atoms with Crippen LogP contribution >= 0.6 is 52.6 Å². The molecule has 0 amide bonds. The van der Waals surface area contributed by atoms with E-state index in [1.807, 2.05) is 18.2 Å². The van der Waals surface area contributed by atoms with E-state index in [0.29, 0.717) is 5.02 Å². The summed E-state index contributed by atoms with van der Waals surface area (Å²) in [6.45, 7) is 0. The molecule has 1 rings (SSSR count). The molecule has 0 unspecified atom stereocenters. The molecule has 88 valence electrons. The van der Waals surface area contributed by atoms with Crippen molar-refractivity contribution in [2.45, 2.75) is 4.90 Å². The first-order valence-corrected chi connectivity index (χ1v) is 3.96. The molecule has 0 aliphatic heterocycles.